The molecule has 15 heavy (non-hydrogen) atoms. The van der Waals surface area contributed by atoms with E-state index in [-0.39, 0.29) is 0 Å². The van der Waals surface area contributed by atoms with E-state index in [0.717, 1.165) is 5.69 Å². The Bertz CT molecular complexity index is 286. The van der Waals surface area contributed by atoms with Crippen LogP contribution in [0.4, 0.5) is 5.69 Å². The van der Waals surface area contributed by atoms with Gasteiger partial charge in [-0.2, -0.15) is 0 Å². The fourth-order valence-corrected chi connectivity index (χ4v) is 2.20. The minimum Gasteiger partial charge on any atom is -0.399 e. The fourth-order valence-electron chi connectivity index (χ4n) is 2.20. The molecule has 2 rings (SSSR count). The van der Waals surface area contributed by atoms with E-state index in [1.165, 1.54) is 50.9 Å². The minimum absolute atomic E-state index is 0.860. The predicted molar refractivity (Wildman–Crippen MR) is 64.8 cm³/mol. The molecule has 0 amide bonds. The molecule has 1 aliphatic rings. The number of aryl methyl sites for hydroxylation is 1. The van der Waals surface area contributed by atoms with Crippen LogP contribution < -0.4 is 5.73 Å². The zero-order valence-corrected chi connectivity index (χ0v) is 9.28. The SMILES string of the molecule is Nc1ccc(CCCN2CCCC2)cc1. The Kier molecular flexibility index (Phi) is 3.62. The number of nitrogens with two attached hydrogens (primary N) is 1. The summed E-state index contributed by atoms with van der Waals surface area (Å²) in [6.45, 7) is 3.87. The lowest BCUT2D eigenvalue weighted by Gasteiger charge is -2.13. The van der Waals surface area contributed by atoms with Gasteiger partial charge in [-0.15, -0.1) is 0 Å². The maximum absolute atomic E-state index is 5.65. The molecule has 1 fully saturated rings. The molecule has 0 spiro atoms. The van der Waals surface area contributed by atoms with E-state index in [2.05, 4.69) is 17.0 Å². The number of anilines is 1. The van der Waals surface area contributed by atoms with Crippen LogP contribution in [0.1, 0.15) is 24.8 Å². The van der Waals surface area contributed by atoms with Crippen molar-refractivity contribution >= 4 is 5.69 Å². The summed E-state index contributed by atoms with van der Waals surface area (Å²) in [5, 5.41) is 0. The average molecular weight is 204 g/mol. The molecule has 0 radical (unpaired) electrons. The van der Waals surface area contributed by atoms with Gasteiger partial charge in [-0.05, 0) is 63.0 Å². The van der Waals surface area contributed by atoms with E-state index >= 15 is 0 Å². The molecule has 1 aliphatic heterocycles. The van der Waals surface area contributed by atoms with Crippen LogP contribution in [0, 0.1) is 0 Å². The molecule has 2 heteroatoms. The first kappa shape index (κ1) is 10.5. The monoisotopic (exact) mass is 204 g/mol. The maximum Gasteiger partial charge on any atom is 0.0314 e. The van der Waals surface area contributed by atoms with Crippen LogP contribution in [0.3, 0.4) is 0 Å². The Hall–Kier alpha value is -1.02. The van der Waals surface area contributed by atoms with Gasteiger partial charge in [-0.25, -0.2) is 0 Å². The van der Waals surface area contributed by atoms with Crippen molar-refractivity contribution in [3.8, 4) is 0 Å². The average Bonchev–Trinajstić information content (AvgIpc) is 2.74. The highest BCUT2D eigenvalue weighted by molar-refractivity contribution is 5.39. The lowest BCUT2D eigenvalue weighted by atomic mass is 10.1. The molecule has 1 saturated heterocycles. The molecule has 2 N–H and O–H groups in total. The molecule has 0 aliphatic carbocycles. The van der Waals surface area contributed by atoms with Gasteiger partial charge in [-0.3, -0.25) is 0 Å². The Morgan fingerprint density at radius 1 is 1.07 bits per heavy atom. The van der Waals surface area contributed by atoms with Crippen LogP contribution in [0.2, 0.25) is 0 Å². The van der Waals surface area contributed by atoms with Gasteiger partial charge in [0.05, 0.1) is 0 Å². The second-order valence-electron chi connectivity index (χ2n) is 4.39. The minimum atomic E-state index is 0.860. The smallest absolute Gasteiger partial charge is 0.0314 e. The van der Waals surface area contributed by atoms with E-state index in [1.807, 2.05) is 12.1 Å². The Balaban J connectivity index is 1.71. The van der Waals surface area contributed by atoms with Crippen LogP contribution in [0.15, 0.2) is 24.3 Å². The molecule has 0 saturated carbocycles. The predicted octanol–water partition coefficient (Wildman–Crippen LogP) is 2.30. The lowest BCUT2D eigenvalue weighted by molar-refractivity contribution is 0.334. The molecule has 1 aromatic carbocycles. The summed E-state index contributed by atoms with van der Waals surface area (Å²) in [6, 6.07) is 8.26. The zero-order valence-electron chi connectivity index (χ0n) is 9.28. The largest absolute Gasteiger partial charge is 0.399 e. The summed E-state index contributed by atoms with van der Waals surface area (Å²) in [7, 11) is 0. The first-order valence-electron chi connectivity index (χ1n) is 5.91. The van der Waals surface area contributed by atoms with Gasteiger partial charge in [0.25, 0.3) is 0 Å². The molecular weight excluding hydrogens is 184 g/mol. The summed E-state index contributed by atoms with van der Waals surface area (Å²) < 4.78 is 0. The van der Waals surface area contributed by atoms with Crippen molar-refractivity contribution in [1.82, 2.24) is 4.90 Å². The normalized spacial score (nSPS) is 17.1. The van der Waals surface area contributed by atoms with Crippen molar-refractivity contribution in [2.24, 2.45) is 0 Å². The highest BCUT2D eigenvalue weighted by atomic mass is 15.1. The highest BCUT2D eigenvalue weighted by Crippen LogP contribution is 2.11. The van der Waals surface area contributed by atoms with Crippen LogP contribution in [0.25, 0.3) is 0 Å². The third-order valence-corrected chi connectivity index (χ3v) is 3.12. The van der Waals surface area contributed by atoms with Gasteiger partial charge < -0.3 is 10.6 Å². The number of hydrogen-bond donors (Lipinski definition) is 1. The van der Waals surface area contributed by atoms with Gasteiger partial charge in [-0.1, -0.05) is 12.1 Å². The molecule has 0 atom stereocenters. The van der Waals surface area contributed by atoms with Crippen LogP contribution in [-0.4, -0.2) is 24.5 Å². The molecule has 2 nitrogen and oxygen atoms in total. The van der Waals surface area contributed by atoms with Crippen LogP contribution >= 0.6 is 0 Å². The topological polar surface area (TPSA) is 29.3 Å². The lowest BCUT2D eigenvalue weighted by Crippen LogP contribution is -2.20. The van der Waals surface area contributed by atoms with E-state index < -0.39 is 0 Å². The number of nitrogens with zero attached hydrogens (tertiary/aromatic N) is 1. The van der Waals surface area contributed by atoms with Crippen LogP contribution in [0.5, 0.6) is 0 Å². The van der Waals surface area contributed by atoms with Gasteiger partial charge in [0.15, 0.2) is 0 Å². The Morgan fingerprint density at radius 2 is 1.73 bits per heavy atom. The van der Waals surface area contributed by atoms with E-state index in [9.17, 15) is 0 Å². The summed E-state index contributed by atoms with van der Waals surface area (Å²) in [5.74, 6) is 0. The summed E-state index contributed by atoms with van der Waals surface area (Å²) in [4.78, 5) is 2.57. The van der Waals surface area contributed by atoms with Crippen molar-refractivity contribution in [1.29, 1.82) is 0 Å². The third-order valence-electron chi connectivity index (χ3n) is 3.12. The van der Waals surface area contributed by atoms with Crippen molar-refractivity contribution in [2.45, 2.75) is 25.7 Å². The van der Waals surface area contributed by atoms with E-state index in [1.54, 1.807) is 0 Å². The summed E-state index contributed by atoms with van der Waals surface area (Å²) in [5.41, 5.74) is 7.91. The zero-order chi connectivity index (χ0) is 10.5. The molecule has 1 aromatic rings. The second-order valence-corrected chi connectivity index (χ2v) is 4.39. The standard InChI is InChI=1S/C13H20N2/c14-13-7-5-12(6-8-13)4-3-11-15-9-1-2-10-15/h5-8H,1-4,9-11,14H2. The molecule has 1 heterocycles. The van der Waals surface area contributed by atoms with Gasteiger partial charge >= 0.3 is 0 Å². The molecular formula is C13H20N2. The van der Waals surface area contributed by atoms with Crippen molar-refractivity contribution in [3.05, 3.63) is 29.8 Å². The third kappa shape index (κ3) is 3.24. The number of benzene rings is 1. The van der Waals surface area contributed by atoms with Crippen molar-refractivity contribution < 1.29 is 0 Å². The number of rotatable bonds is 4. The van der Waals surface area contributed by atoms with Gasteiger partial charge in [0.1, 0.15) is 0 Å². The number of hydrogen-bond acceptors (Lipinski definition) is 2. The molecule has 0 aromatic heterocycles. The highest BCUT2D eigenvalue weighted by Gasteiger charge is 2.10. The van der Waals surface area contributed by atoms with E-state index in [4.69, 9.17) is 5.73 Å². The number of nitrogen functional groups attached to an aromatic ring is 1. The summed E-state index contributed by atoms with van der Waals surface area (Å²) in [6.07, 6.45) is 5.23. The molecule has 82 valence electrons. The summed E-state index contributed by atoms with van der Waals surface area (Å²) >= 11 is 0. The van der Waals surface area contributed by atoms with Crippen molar-refractivity contribution in [3.63, 3.8) is 0 Å². The second kappa shape index (κ2) is 5.17. The number of likely N-dealkylation sites (tertiary alicyclic amines) is 1. The Morgan fingerprint density at radius 3 is 2.40 bits per heavy atom. The quantitative estimate of drug-likeness (QED) is 0.762. The first-order chi connectivity index (χ1) is 7.34. The molecule has 0 bridgehead atoms. The van der Waals surface area contributed by atoms with Crippen LogP contribution in [-0.2, 0) is 6.42 Å². The Labute approximate surface area is 92.1 Å². The van der Waals surface area contributed by atoms with Crippen molar-refractivity contribution in [2.75, 3.05) is 25.4 Å². The van der Waals surface area contributed by atoms with Gasteiger partial charge in [0, 0.05) is 5.69 Å². The van der Waals surface area contributed by atoms with Gasteiger partial charge in [0.2, 0.25) is 0 Å². The first-order valence-corrected chi connectivity index (χ1v) is 5.91. The fraction of sp³-hybridized carbons (Fsp3) is 0.538. The molecule has 0 unspecified atom stereocenters. The van der Waals surface area contributed by atoms with E-state index in [0.29, 0.717) is 0 Å². The maximum atomic E-state index is 5.65.